The Hall–Kier alpha value is -4.08. The number of hydrogen-bond acceptors (Lipinski definition) is 9. The number of piperazine rings is 2. The van der Waals surface area contributed by atoms with Crippen molar-refractivity contribution in [1.82, 2.24) is 24.7 Å². The highest BCUT2D eigenvalue weighted by atomic mass is 16.3. The molecule has 2 aliphatic carbocycles. The number of rotatable bonds is 9. The summed E-state index contributed by atoms with van der Waals surface area (Å²) in [7, 11) is 2.01. The van der Waals surface area contributed by atoms with E-state index in [0.29, 0.717) is 23.3 Å². The van der Waals surface area contributed by atoms with E-state index in [1.165, 1.54) is 43.5 Å². The Morgan fingerprint density at radius 3 is 2.44 bits per heavy atom. The average Bonchev–Trinajstić information content (AvgIpc) is 3.56. The third kappa shape index (κ3) is 6.34. The van der Waals surface area contributed by atoms with Crippen molar-refractivity contribution in [2.45, 2.75) is 84.9 Å². The molecule has 6 aliphatic rings. The van der Waals surface area contributed by atoms with Gasteiger partial charge in [0.2, 0.25) is 0 Å². The first kappa shape index (κ1) is 35.0. The van der Waals surface area contributed by atoms with Crippen LogP contribution in [0.5, 0.6) is 0 Å². The van der Waals surface area contributed by atoms with E-state index in [-0.39, 0.29) is 6.61 Å². The van der Waals surface area contributed by atoms with Gasteiger partial charge >= 0.3 is 0 Å². The predicted octanol–water partition coefficient (Wildman–Crippen LogP) is 7.19. The molecule has 0 spiro atoms. The van der Waals surface area contributed by atoms with E-state index in [4.69, 9.17) is 16.5 Å². The van der Waals surface area contributed by atoms with E-state index in [2.05, 4.69) is 83.6 Å². The summed E-state index contributed by atoms with van der Waals surface area (Å²) in [6.45, 7) is 24.6. The van der Waals surface area contributed by atoms with Crippen molar-refractivity contribution in [2.75, 3.05) is 61.4 Å². The van der Waals surface area contributed by atoms with Gasteiger partial charge in [0.15, 0.2) is 0 Å². The maximum Gasteiger partial charge on any atom is 0.139 e. The first-order valence-corrected chi connectivity index (χ1v) is 19.6. The fourth-order valence-corrected chi connectivity index (χ4v) is 9.78. The lowest BCUT2D eigenvalue weighted by Crippen LogP contribution is -2.52. The number of aromatic nitrogens is 2. The van der Waals surface area contributed by atoms with Crippen molar-refractivity contribution >= 4 is 22.9 Å². The highest BCUT2D eigenvalue weighted by molar-refractivity contribution is 5.82. The van der Waals surface area contributed by atoms with Crippen molar-refractivity contribution in [2.24, 2.45) is 17.3 Å². The Morgan fingerprint density at radius 1 is 0.981 bits per heavy atom. The summed E-state index contributed by atoms with van der Waals surface area (Å²) in [4.78, 5) is 21.8. The summed E-state index contributed by atoms with van der Waals surface area (Å²) in [5, 5.41) is 14.5. The van der Waals surface area contributed by atoms with Crippen LogP contribution in [0, 0.1) is 17.3 Å². The van der Waals surface area contributed by atoms with Crippen LogP contribution in [-0.2, 0) is 6.61 Å². The Labute approximate surface area is 311 Å². The molecule has 8 rings (SSSR count). The van der Waals surface area contributed by atoms with Crippen LogP contribution in [0.4, 0.5) is 17.3 Å². The maximum atomic E-state index is 11.0. The molecule has 2 saturated heterocycles. The van der Waals surface area contributed by atoms with Crippen molar-refractivity contribution < 1.29 is 5.11 Å². The fraction of sp³-hybridized carbons (Fsp3) is 0.535. The maximum absolute atomic E-state index is 11.0. The van der Waals surface area contributed by atoms with Gasteiger partial charge in [0.25, 0.3) is 0 Å². The first-order valence-electron chi connectivity index (χ1n) is 19.6. The quantitative estimate of drug-likeness (QED) is 0.283. The van der Waals surface area contributed by atoms with E-state index >= 15 is 0 Å². The Bertz CT molecular complexity index is 1810. The molecule has 0 amide bonds. The zero-order valence-electron chi connectivity index (χ0n) is 32.0. The zero-order valence-corrected chi connectivity index (χ0v) is 32.0. The molecular formula is C43H58N8O. The number of nitrogens with one attached hydrogen (secondary N) is 1. The van der Waals surface area contributed by atoms with E-state index in [1.54, 1.807) is 5.57 Å². The minimum Gasteiger partial charge on any atom is -0.392 e. The van der Waals surface area contributed by atoms with E-state index in [9.17, 15) is 5.11 Å². The highest BCUT2D eigenvalue weighted by Crippen LogP contribution is 2.55. The van der Waals surface area contributed by atoms with Crippen LogP contribution >= 0.6 is 0 Å². The van der Waals surface area contributed by atoms with E-state index in [1.807, 2.05) is 30.4 Å². The summed E-state index contributed by atoms with van der Waals surface area (Å²) < 4.78 is 0. The number of aliphatic hydroxyl groups is 1. The molecule has 4 aliphatic heterocycles. The third-order valence-corrected chi connectivity index (χ3v) is 12.6. The number of nitrogens with zero attached hydrogens (tertiary/aromatic N) is 7. The number of aliphatic hydroxyl groups excluding tert-OH is 1. The lowest BCUT2D eigenvalue weighted by atomic mass is 9.85. The molecule has 0 aromatic carbocycles. The number of anilines is 3. The second-order valence-corrected chi connectivity index (χ2v) is 17.2. The minimum absolute atomic E-state index is 0.125. The van der Waals surface area contributed by atoms with Crippen molar-refractivity contribution in [1.29, 1.82) is 0 Å². The SMILES string of the molecule is C=C1C(Nc2ccc(N3CCN(C4CCC4)CC3)cn2)=CC(c2ccnc(N3CCN4C(=C(CC(C)C)C5CC(C)(C)CC54)C3=C)c2CO)=CN1C. The molecule has 2 atom stereocenters. The van der Waals surface area contributed by atoms with Crippen molar-refractivity contribution in [3.63, 3.8) is 0 Å². The third-order valence-electron chi connectivity index (χ3n) is 12.6. The van der Waals surface area contributed by atoms with Crippen LogP contribution in [0.2, 0.25) is 0 Å². The lowest BCUT2D eigenvalue weighted by Gasteiger charge is -2.43. The molecule has 0 bridgehead atoms. The summed E-state index contributed by atoms with van der Waals surface area (Å²) in [5.74, 6) is 2.74. The van der Waals surface area contributed by atoms with Crippen LogP contribution < -0.4 is 15.1 Å². The number of hydrogen-bond donors (Lipinski definition) is 2. The molecule has 2 unspecified atom stereocenters. The topological polar surface area (TPSA) is 74.2 Å². The molecule has 9 nitrogen and oxygen atoms in total. The number of fused-ring (bicyclic) bond motifs is 3. The van der Waals surface area contributed by atoms with Crippen LogP contribution in [0.15, 0.2) is 84.4 Å². The molecule has 9 heteroatoms. The lowest BCUT2D eigenvalue weighted by molar-refractivity contribution is 0.120. The molecule has 276 valence electrons. The summed E-state index contributed by atoms with van der Waals surface area (Å²) >= 11 is 0. The summed E-state index contributed by atoms with van der Waals surface area (Å²) in [5.41, 5.74) is 9.92. The van der Waals surface area contributed by atoms with Crippen LogP contribution in [-0.4, -0.2) is 88.2 Å². The molecule has 0 radical (unpaired) electrons. The van der Waals surface area contributed by atoms with Gasteiger partial charge in [0.05, 0.1) is 41.3 Å². The normalized spacial score (nSPS) is 25.1. The van der Waals surface area contributed by atoms with Crippen LogP contribution in [0.1, 0.15) is 77.3 Å². The van der Waals surface area contributed by atoms with Gasteiger partial charge in [-0.1, -0.05) is 47.3 Å². The molecule has 52 heavy (non-hydrogen) atoms. The molecule has 6 heterocycles. The van der Waals surface area contributed by atoms with Gasteiger partial charge in [-0.05, 0) is 78.8 Å². The smallest absolute Gasteiger partial charge is 0.139 e. The van der Waals surface area contributed by atoms with Gasteiger partial charge in [0, 0.05) is 87.9 Å². The standard InChI is InChI=1S/C43H58N8O/c1-28(2)21-35-36-23-43(5,6)24-39(36)51-20-19-50(30(4)41(35)51)42-37(27-52)34(13-14-44-42)31-22-38(29(3)47(7)26-31)46-40-12-11-33(25-45-40)49-17-15-48(16-18-49)32-9-8-10-32/h11-14,22,25-26,28,32,36,39,52H,3-4,8-10,15-21,23-24,27H2,1-2,5-7H3,(H,45,46). The molecule has 4 fully saturated rings. The molecule has 2 aromatic rings. The predicted molar refractivity (Wildman–Crippen MR) is 212 cm³/mol. The first-order chi connectivity index (χ1) is 25.0. The largest absolute Gasteiger partial charge is 0.392 e. The fourth-order valence-electron chi connectivity index (χ4n) is 9.78. The number of allylic oxidation sites excluding steroid dienone is 2. The second kappa shape index (κ2) is 13.7. The number of likely N-dealkylation sites (N-methyl/N-ethyl adjacent to an activating group) is 1. The van der Waals surface area contributed by atoms with Gasteiger partial charge in [-0.25, -0.2) is 9.97 Å². The average molecular weight is 703 g/mol. The molecule has 2 aromatic heterocycles. The molecule has 2 saturated carbocycles. The summed E-state index contributed by atoms with van der Waals surface area (Å²) in [6, 6.07) is 7.61. The van der Waals surface area contributed by atoms with Gasteiger partial charge in [-0.2, -0.15) is 0 Å². The zero-order chi connectivity index (χ0) is 36.3. The van der Waals surface area contributed by atoms with E-state index < -0.39 is 0 Å². The van der Waals surface area contributed by atoms with Crippen molar-refractivity contribution in [3.8, 4) is 0 Å². The molecular weight excluding hydrogens is 645 g/mol. The Balaban J connectivity index is 1.03. The van der Waals surface area contributed by atoms with Gasteiger partial charge in [0.1, 0.15) is 11.6 Å². The van der Waals surface area contributed by atoms with Gasteiger partial charge in [-0.15, -0.1) is 0 Å². The highest BCUT2D eigenvalue weighted by Gasteiger charge is 2.51. The van der Waals surface area contributed by atoms with Gasteiger partial charge in [-0.3, -0.25) is 4.90 Å². The monoisotopic (exact) mass is 702 g/mol. The summed E-state index contributed by atoms with van der Waals surface area (Å²) in [6.07, 6.45) is 15.7. The van der Waals surface area contributed by atoms with Gasteiger partial charge < -0.3 is 30.0 Å². The Kier molecular flexibility index (Phi) is 9.23. The second-order valence-electron chi connectivity index (χ2n) is 17.2. The van der Waals surface area contributed by atoms with Crippen molar-refractivity contribution in [3.05, 3.63) is 95.5 Å². The molecule has 2 N–H and O–H groups in total. The van der Waals surface area contributed by atoms with E-state index in [0.717, 1.165) is 97.2 Å². The van der Waals surface area contributed by atoms with Crippen LogP contribution in [0.3, 0.4) is 0 Å². The number of pyridine rings is 2. The minimum atomic E-state index is -0.125. The Morgan fingerprint density at radius 2 is 1.77 bits per heavy atom. The van der Waals surface area contributed by atoms with Crippen LogP contribution in [0.25, 0.3) is 5.57 Å².